The first-order chi connectivity index (χ1) is 11.5. The number of imidazole rings is 1. The summed E-state index contributed by atoms with van der Waals surface area (Å²) in [6.07, 6.45) is 1.58. The highest BCUT2D eigenvalue weighted by Crippen LogP contribution is 2.31. The van der Waals surface area contributed by atoms with Crippen molar-refractivity contribution < 1.29 is 18.4 Å². The Kier molecular flexibility index (Phi) is 4.30. The monoisotopic (exact) mass is 354 g/mol. The molecule has 3 rings (SSSR count). The van der Waals surface area contributed by atoms with E-state index in [-0.39, 0.29) is 23.4 Å². The number of halogens is 2. The van der Waals surface area contributed by atoms with Crippen molar-refractivity contribution in [3.05, 3.63) is 51.5 Å². The smallest absolute Gasteiger partial charge is 0.387 e. The van der Waals surface area contributed by atoms with E-state index in [0.717, 1.165) is 5.56 Å². The maximum Gasteiger partial charge on any atom is 0.387 e. The zero-order chi connectivity index (χ0) is 17.3. The summed E-state index contributed by atoms with van der Waals surface area (Å²) < 4.78 is 30.0. The number of hydrogen-bond donors (Lipinski definition) is 1. The van der Waals surface area contributed by atoms with Crippen LogP contribution in [-0.2, 0) is 0 Å². The summed E-state index contributed by atoms with van der Waals surface area (Å²) in [5.41, 5.74) is 0.752. The van der Waals surface area contributed by atoms with Crippen molar-refractivity contribution in [1.82, 2.24) is 9.38 Å². The first-order valence-corrected chi connectivity index (χ1v) is 7.75. The fraction of sp³-hybridized carbons (Fsp3) is 0.214. The number of thiazole rings is 1. The minimum Gasteiger partial charge on any atom is -0.435 e. The largest absolute Gasteiger partial charge is 0.435 e. The van der Waals surface area contributed by atoms with Crippen LogP contribution >= 0.6 is 11.3 Å². The number of ether oxygens (including phenoxy) is 1. The average molecular weight is 354 g/mol. The van der Waals surface area contributed by atoms with E-state index in [1.165, 1.54) is 27.9 Å². The van der Waals surface area contributed by atoms with Gasteiger partial charge in [-0.1, -0.05) is 23.5 Å². The predicted octanol–water partition coefficient (Wildman–Crippen LogP) is 4.08. The summed E-state index contributed by atoms with van der Waals surface area (Å²) in [6, 6.07) is 5.74. The third kappa shape index (κ3) is 3.13. The maximum absolute atomic E-state index is 12.1. The van der Waals surface area contributed by atoms with Gasteiger partial charge in [0, 0.05) is 5.38 Å². The third-order valence-electron chi connectivity index (χ3n) is 3.37. The average Bonchev–Trinajstić information content (AvgIpc) is 3.07. The van der Waals surface area contributed by atoms with E-state index in [0.29, 0.717) is 4.96 Å². The zero-order valence-electron chi connectivity index (χ0n) is 12.3. The Morgan fingerprint density at radius 1 is 1.38 bits per heavy atom. The van der Waals surface area contributed by atoms with Gasteiger partial charge in [-0.3, -0.25) is 0 Å². The van der Waals surface area contributed by atoms with Crippen molar-refractivity contribution in [2.75, 3.05) is 5.32 Å². The van der Waals surface area contributed by atoms with Crippen molar-refractivity contribution in [1.29, 1.82) is 0 Å². The lowest BCUT2D eigenvalue weighted by Crippen LogP contribution is -2.09. The molecule has 0 saturated heterocycles. The van der Waals surface area contributed by atoms with Crippen molar-refractivity contribution in [2.24, 2.45) is 0 Å². The molecular formula is C14H12F2N4O3S. The second-order valence-corrected chi connectivity index (χ2v) is 5.78. The Hall–Kier alpha value is -2.75. The molecule has 0 bridgehead atoms. The molecule has 0 fully saturated rings. The van der Waals surface area contributed by atoms with Crippen LogP contribution in [0.2, 0.25) is 0 Å². The lowest BCUT2D eigenvalue weighted by atomic mass is 10.1. The van der Waals surface area contributed by atoms with Gasteiger partial charge >= 0.3 is 12.4 Å². The topological polar surface area (TPSA) is 81.7 Å². The van der Waals surface area contributed by atoms with E-state index in [2.05, 4.69) is 15.0 Å². The SMILES string of the molecule is CC(Nc1nc2sccn2c1[N+](=O)[O-])c1ccc(OC(F)F)cc1. The minimum absolute atomic E-state index is 0.0504. The van der Waals surface area contributed by atoms with Crippen molar-refractivity contribution in [2.45, 2.75) is 19.6 Å². The molecule has 126 valence electrons. The van der Waals surface area contributed by atoms with Crippen molar-refractivity contribution in [3.8, 4) is 5.75 Å². The Bertz CT molecular complexity index is 863. The highest BCUT2D eigenvalue weighted by atomic mass is 32.1. The van der Waals surface area contributed by atoms with Crippen LogP contribution in [0.25, 0.3) is 4.96 Å². The van der Waals surface area contributed by atoms with Gasteiger partial charge in [0.05, 0.1) is 6.04 Å². The summed E-state index contributed by atoms with van der Waals surface area (Å²) in [5, 5.41) is 16.0. The number of benzene rings is 1. The summed E-state index contributed by atoms with van der Waals surface area (Å²) in [7, 11) is 0. The summed E-state index contributed by atoms with van der Waals surface area (Å²) in [4.78, 5) is 15.5. The van der Waals surface area contributed by atoms with Gasteiger partial charge in [0.1, 0.15) is 11.9 Å². The molecule has 1 aromatic carbocycles. The van der Waals surface area contributed by atoms with E-state index < -0.39 is 11.5 Å². The molecule has 10 heteroatoms. The molecule has 0 spiro atoms. The molecule has 0 aliphatic carbocycles. The Labute approximate surface area is 138 Å². The summed E-state index contributed by atoms with van der Waals surface area (Å²) in [6.45, 7) is -1.09. The van der Waals surface area contributed by atoms with Crippen LogP contribution in [0.4, 0.5) is 20.4 Å². The van der Waals surface area contributed by atoms with E-state index in [9.17, 15) is 18.9 Å². The molecule has 2 heterocycles. The number of rotatable bonds is 6. The molecule has 0 radical (unpaired) electrons. The number of aromatic nitrogens is 2. The Morgan fingerprint density at radius 3 is 2.71 bits per heavy atom. The molecule has 2 aromatic heterocycles. The lowest BCUT2D eigenvalue weighted by molar-refractivity contribution is -0.389. The number of hydrogen-bond acceptors (Lipinski definition) is 6. The molecule has 1 N–H and O–H groups in total. The first kappa shape index (κ1) is 16.1. The quantitative estimate of drug-likeness (QED) is 0.533. The molecule has 24 heavy (non-hydrogen) atoms. The Balaban J connectivity index is 1.82. The third-order valence-corrected chi connectivity index (χ3v) is 4.12. The van der Waals surface area contributed by atoms with Gasteiger partial charge < -0.3 is 20.2 Å². The fourth-order valence-corrected chi connectivity index (χ4v) is 2.98. The number of nitrogens with one attached hydrogen (secondary N) is 1. The number of nitro groups is 1. The van der Waals surface area contributed by atoms with Crippen LogP contribution < -0.4 is 10.1 Å². The number of alkyl halides is 2. The van der Waals surface area contributed by atoms with Crippen LogP contribution in [0.15, 0.2) is 35.8 Å². The first-order valence-electron chi connectivity index (χ1n) is 6.87. The van der Waals surface area contributed by atoms with Gasteiger partial charge in [-0.2, -0.15) is 18.2 Å². The standard InChI is InChI=1S/C14H12F2N4O3S/c1-8(9-2-4-10(5-3-9)23-13(15)16)17-11-12(20(21)22)19-6-7-24-14(19)18-11/h2-8,13,17H,1H3. The van der Waals surface area contributed by atoms with Gasteiger partial charge in [0.15, 0.2) is 0 Å². The molecule has 0 aliphatic heterocycles. The Morgan fingerprint density at radius 2 is 2.08 bits per heavy atom. The van der Waals surface area contributed by atoms with E-state index in [1.54, 1.807) is 30.6 Å². The van der Waals surface area contributed by atoms with E-state index >= 15 is 0 Å². The van der Waals surface area contributed by atoms with Gasteiger partial charge in [-0.15, -0.1) is 0 Å². The lowest BCUT2D eigenvalue weighted by Gasteiger charge is -2.14. The zero-order valence-corrected chi connectivity index (χ0v) is 13.2. The second kappa shape index (κ2) is 6.40. The molecule has 3 aromatic rings. The number of nitrogens with zero attached hydrogens (tertiary/aromatic N) is 3. The van der Waals surface area contributed by atoms with Gasteiger partial charge in [0.2, 0.25) is 5.82 Å². The molecule has 0 saturated carbocycles. The fourth-order valence-electron chi connectivity index (χ4n) is 2.27. The summed E-state index contributed by atoms with van der Waals surface area (Å²) in [5.74, 6) is 0.0671. The highest BCUT2D eigenvalue weighted by Gasteiger charge is 2.24. The van der Waals surface area contributed by atoms with Gasteiger partial charge in [-0.05, 0) is 29.5 Å². The van der Waals surface area contributed by atoms with Crippen LogP contribution in [0, 0.1) is 10.1 Å². The molecule has 7 nitrogen and oxygen atoms in total. The maximum atomic E-state index is 12.1. The van der Waals surface area contributed by atoms with E-state index in [1.807, 2.05) is 0 Å². The second-order valence-electron chi connectivity index (χ2n) is 4.91. The predicted molar refractivity (Wildman–Crippen MR) is 84.8 cm³/mol. The highest BCUT2D eigenvalue weighted by molar-refractivity contribution is 7.15. The van der Waals surface area contributed by atoms with Crippen molar-refractivity contribution >= 4 is 27.9 Å². The molecule has 0 aliphatic rings. The summed E-state index contributed by atoms with van der Waals surface area (Å²) >= 11 is 1.29. The van der Waals surface area contributed by atoms with Crippen LogP contribution in [0.5, 0.6) is 5.75 Å². The van der Waals surface area contributed by atoms with Crippen LogP contribution in [0.1, 0.15) is 18.5 Å². The van der Waals surface area contributed by atoms with Gasteiger partial charge in [-0.25, -0.2) is 0 Å². The van der Waals surface area contributed by atoms with E-state index in [4.69, 9.17) is 0 Å². The molecule has 1 atom stereocenters. The van der Waals surface area contributed by atoms with Crippen molar-refractivity contribution in [3.63, 3.8) is 0 Å². The van der Waals surface area contributed by atoms with Gasteiger partial charge in [0.25, 0.3) is 4.96 Å². The molecule has 0 amide bonds. The number of fused-ring (bicyclic) bond motifs is 1. The molecule has 1 unspecified atom stereocenters. The normalized spacial score (nSPS) is 12.5. The number of anilines is 1. The minimum atomic E-state index is -2.88. The van der Waals surface area contributed by atoms with Crippen LogP contribution in [-0.4, -0.2) is 20.9 Å². The van der Waals surface area contributed by atoms with Crippen LogP contribution in [0.3, 0.4) is 0 Å². The molecular weight excluding hydrogens is 342 g/mol.